The number of thiazole rings is 1. The van der Waals surface area contributed by atoms with Crippen molar-refractivity contribution in [3.8, 4) is 0 Å². The highest BCUT2D eigenvalue weighted by atomic mass is 32.1. The number of aromatic nitrogens is 1. The Morgan fingerprint density at radius 1 is 1.44 bits per heavy atom. The van der Waals surface area contributed by atoms with Crippen LogP contribution < -0.4 is 5.73 Å². The number of nitrogens with zero attached hydrogens (tertiary/aromatic N) is 2. The molecule has 0 aromatic carbocycles. The van der Waals surface area contributed by atoms with Gasteiger partial charge in [-0.25, -0.2) is 4.98 Å². The number of rotatable bonds is 3. The van der Waals surface area contributed by atoms with Crippen molar-refractivity contribution in [2.24, 2.45) is 0 Å². The third-order valence-corrected chi connectivity index (χ3v) is 4.65. The van der Waals surface area contributed by atoms with Crippen molar-refractivity contribution in [1.29, 1.82) is 0 Å². The molecular formula is C14H25N3S. The van der Waals surface area contributed by atoms with Crippen LogP contribution in [0.1, 0.15) is 51.1 Å². The highest BCUT2D eigenvalue weighted by molar-refractivity contribution is 7.15. The first kappa shape index (κ1) is 13.8. The maximum absolute atomic E-state index is 5.82. The number of hydrogen-bond donors (Lipinski definition) is 1. The lowest BCUT2D eigenvalue weighted by Crippen LogP contribution is -2.50. The Morgan fingerprint density at radius 2 is 2.17 bits per heavy atom. The van der Waals surface area contributed by atoms with Crippen LogP contribution in [0.25, 0.3) is 0 Å². The maximum Gasteiger partial charge on any atom is 0.180 e. The van der Waals surface area contributed by atoms with Gasteiger partial charge in [-0.05, 0) is 53.0 Å². The predicted octanol–water partition coefficient (Wildman–Crippen LogP) is 3.09. The van der Waals surface area contributed by atoms with Crippen molar-refractivity contribution in [3.63, 3.8) is 0 Å². The number of hydrogen-bond acceptors (Lipinski definition) is 4. The zero-order valence-electron chi connectivity index (χ0n) is 12.0. The molecule has 3 nitrogen and oxygen atoms in total. The van der Waals surface area contributed by atoms with Gasteiger partial charge in [-0.15, -0.1) is 11.3 Å². The Hall–Kier alpha value is -0.610. The summed E-state index contributed by atoms with van der Waals surface area (Å²) < 4.78 is 0. The third kappa shape index (κ3) is 2.86. The van der Waals surface area contributed by atoms with Crippen molar-refractivity contribution < 1.29 is 0 Å². The first-order valence-corrected chi connectivity index (χ1v) is 7.74. The molecule has 0 saturated carbocycles. The van der Waals surface area contributed by atoms with Crippen molar-refractivity contribution in [1.82, 2.24) is 9.88 Å². The fraction of sp³-hybridized carbons (Fsp3) is 0.786. The molecule has 1 aliphatic rings. The van der Waals surface area contributed by atoms with Gasteiger partial charge in [0.2, 0.25) is 0 Å². The zero-order chi connectivity index (χ0) is 13.3. The number of fused-ring (bicyclic) bond motifs is 1. The summed E-state index contributed by atoms with van der Waals surface area (Å²) >= 11 is 1.68. The first-order valence-electron chi connectivity index (χ1n) is 6.92. The SMILES string of the molecule is CCCN(C1CCc2nc(N)sc2C1)C(C)(C)C. The van der Waals surface area contributed by atoms with Crippen LogP contribution in [-0.2, 0) is 12.8 Å². The molecule has 18 heavy (non-hydrogen) atoms. The lowest BCUT2D eigenvalue weighted by molar-refractivity contribution is 0.0737. The normalized spacial score (nSPS) is 20.2. The van der Waals surface area contributed by atoms with E-state index in [9.17, 15) is 0 Å². The van der Waals surface area contributed by atoms with Gasteiger partial charge in [0, 0.05) is 16.5 Å². The van der Waals surface area contributed by atoms with Gasteiger partial charge in [-0.1, -0.05) is 6.92 Å². The van der Waals surface area contributed by atoms with Gasteiger partial charge >= 0.3 is 0 Å². The third-order valence-electron chi connectivity index (χ3n) is 3.70. The van der Waals surface area contributed by atoms with E-state index < -0.39 is 0 Å². The summed E-state index contributed by atoms with van der Waals surface area (Å²) in [4.78, 5) is 8.50. The van der Waals surface area contributed by atoms with E-state index in [1.807, 2.05) is 0 Å². The van der Waals surface area contributed by atoms with Gasteiger partial charge in [0.1, 0.15) is 0 Å². The van der Waals surface area contributed by atoms with Crippen LogP contribution in [0.3, 0.4) is 0 Å². The van der Waals surface area contributed by atoms with Gasteiger partial charge in [0.05, 0.1) is 5.69 Å². The predicted molar refractivity (Wildman–Crippen MR) is 79.1 cm³/mol. The number of anilines is 1. The molecule has 0 radical (unpaired) electrons. The summed E-state index contributed by atoms with van der Waals surface area (Å²) in [6.45, 7) is 10.4. The molecule has 1 atom stereocenters. The van der Waals surface area contributed by atoms with E-state index in [-0.39, 0.29) is 5.54 Å². The molecular weight excluding hydrogens is 242 g/mol. The highest BCUT2D eigenvalue weighted by Gasteiger charge is 2.32. The molecule has 0 aliphatic heterocycles. The Bertz CT molecular complexity index is 406. The molecule has 0 bridgehead atoms. The molecule has 0 fully saturated rings. The molecule has 1 unspecified atom stereocenters. The van der Waals surface area contributed by atoms with Crippen molar-refractivity contribution >= 4 is 16.5 Å². The van der Waals surface area contributed by atoms with Crippen molar-refractivity contribution in [3.05, 3.63) is 10.6 Å². The quantitative estimate of drug-likeness (QED) is 0.915. The van der Waals surface area contributed by atoms with E-state index in [2.05, 4.69) is 37.6 Å². The molecule has 102 valence electrons. The van der Waals surface area contributed by atoms with Crippen LogP contribution in [0.5, 0.6) is 0 Å². The van der Waals surface area contributed by atoms with E-state index in [4.69, 9.17) is 5.73 Å². The minimum absolute atomic E-state index is 0.244. The summed E-state index contributed by atoms with van der Waals surface area (Å²) in [7, 11) is 0. The van der Waals surface area contributed by atoms with Crippen molar-refractivity contribution in [2.45, 2.75) is 65.0 Å². The Morgan fingerprint density at radius 3 is 2.78 bits per heavy atom. The second-order valence-electron chi connectivity index (χ2n) is 6.18. The molecule has 4 heteroatoms. The average molecular weight is 267 g/mol. The van der Waals surface area contributed by atoms with Gasteiger partial charge < -0.3 is 5.73 Å². The summed E-state index contributed by atoms with van der Waals surface area (Å²) in [6, 6.07) is 0.650. The number of nitrogens with two attached hydrogens (primary N) is 1. The zero-order valence-corrected chi connectivity index (χ0v) is 12.8. The summed E-state index contributed by atoms with van der Waals surface area (Å²) in [6.07, 6.45) is 4.64. The fourth-order valence-electron chi connectivity index (χ4n) is 2.95. The summed E-state index contributed by atoms with van der Waals surface area (Å²) in [5.41, 5.74) is 7.31. The van der Waals surface area contributed by atoms with Crippen LogP contribution in [-0.4, -0.2) is 28.0 Å². The minimum Gasteiger partial charge on any atom is -0.375 e. The molecule has 2 N–H and O–H groups in total. The van der Waals surface area contributed by atoms with E-state index in [1.165, 1.54) is 30.0 Å². The van der Waals surface area contributed by atoms with E-state index in [1.54, 1.807) is 11.3 Å². The first-order chi connectivity index (χ1) is 8.41. The van der Waals surface area contributed by atoms with Crippen LogP contribution in [0, 0.1) is 0 Å². The second kappa shape index (κ2) is 5.17. The van der Waals surface area contributed by atoms with Crippen LogP contribution in [0.4, 0.5) is 5.13 Å². The highest BCUT2D eigenvalue weighted by Crippen LogP contribution is 2.32. The molecule has 2 rings (SSSR count). The summed E-state index contributed by atoms with van der Waals surface area (Å²) in [5.74, 6) is 0. The molecule has 0 spiro atoms. The van der Waals surface area contributed by atoms with Crippen LogP contribution >= 0.6 is 11.3 Å². The van der Waals surface area contributed by atoms with Gasteiger partial charge in [-0.2, -0.15) is 0 Å². The number of aryl methyl sites for hydroxylation is 1. The minimum atomic E-state index is 0.244. The monoisotopic (exact) mass is 267 g/mol. The van der Waals surface area contributed by atoms with Gasteiger partial charge in [0.15, 0.2) is 5.13 Å². The molecule has 1 aromatic heterocycles. The van der Waals surface area contributed by atoms with E-state index in [0.717, 1.165) is 18.0 Å². The van der Waals surface area contributed by atoms with E-state index in [0.29, 0.717) is 6.04 Å². The molecule has 1 aliphatic carbocycles. The second-order valence-corrected chi connectivity index (χ2v) is 7.30. The van der Waals surface area contributed by atoms with Gasteiger partial charge in [0.25, 0.3) is 0 Å². The molecule has 0 amide bonds. The summed E-state index contributed by atoms with van der Waals surface area (Å²) in [5, 5.41) is 0.735. The van der Waals surface area contributed by atoms with E-state index >= 15 is 0 Å². The van der Waals surface area contributed by atoms with Gasteiger partial charge in [-0.3, -0.25) is 4.90 Å². The Balaban J connectivity index is 2.15. The molecule has 1 aromatic rings. The smallest absolute Gasteiger partial charge is 0.180 e. The topological polar surface area (TPSA) is 42.2 Å². The standard InChI is InChI=1S/C14H25N3S/c1-5-8-17(14(2,3)4)10-6-7-11-12(9-10)18-13(15)16-11/h10H,5-9H2,1-4H3,(H2,15,16). The average Bonchev–Trinajstić information content (AvgIpc) is 2.63. The maximum atomic E-state index is 5.82. The lowest BCUT2D eigenvalue weighted by Gasteiger charge is -2.43. The fourth-order valence-corrected chi connectivity index (χ4v) is 3.90. The van der Waals surface area contributed by atoms with Crippen molar-refractivity contribution in [2.75, 3.05) is 12.3 Å². The number of nitrogen functional groups attached to an aromatic ring is 1. The van der Waals surface area contributed by atoms with Crippen LogP contribution in [0.2, 0.25) is 0 Å². The Labute approximate surface area is 114 Å². The Kier molecular flexibility index (Phi) is 3.97. The van der Waals surface area contributed by atoms with Crippen LogP contribution in [0.15, 0.2) is 0 Å². The molecule has 0 saturated heterocycles. The molecule has 1 heterocycles. The largest absolute Gasteiger partial charge is 0.375 e. The lowest BCUT2D eigenvalue weighted by atomic mass is 9.92.